The number of carbonyl (C=O) groups is 2. The second-order valence-electron chi connectivity index (χ2n) is 5.64. The minimum absolute atomic E-state index is 0.0867. The summed E-state index contributed by atoms with van der Waals surface area (Å²) in [7, 11) is 0. The zero-order chi connectivity index (χ0) is 18.2. The number of halogens is 1. The number of nitrogens with zero attached hydrogens (tertiary/aromatic N) is 1. The lowest BCUT2D eigenvalue weighted by molar-refractivity contribution is -0.120. The Morgan fingerprint density at radius 2 is 1.72 bits per heavy atom. The summed E-state index contributed by atoms with van der Waals surface area (Å²) in [4.78, 5) is 24.2. The molecule has 0 heterocycles. The summed E-state index contributed by atoms with van der Waals surface area (Å²) in [5, 5.41) is 6.91. The van der Waals surface area contributed by atoms with Crippen molar-refractivity contribution in [3.63, 3.8) is 0 Å². The first-order valence-electron chi connectivity index (χ1n) is 7.89. The van der Waals surface area contributed by atoms with Gasteiger partial charge in [-0.2, -0.15) is 5.10 Å². The number of amides is 2. The van der Waals surface area contributed by atoms with Gasteiger partial charge in [0.1, 0.15) is 0 Å². The van der Waals surface area contributed by atoms with Gasteiger partial charge < -0.3 is 5.32 Å². The van der Waals surface area contributed by atoms with E-state index < -0.39 is 0 Å². The van der Waals surface area contributed by atoms with Gasteiger partial charge in [-0.1, -0.05) is 42.5 Å². The molecule has 1 atom stereocenters. The van der Waals surface area contributed by atoms with Crippen LogP contribution in [0.15, 0.2) is 64.2 Å². The Morgan fingerprint density at radius 3 is 2.40 bits per heavy atom. The molecule has 0 radical (unpaired) electrons. The molecule has 2 rings (SSSR count). The zero-order valence-corrected chi connectivity index (χ0v) is 15.7. The van der Waals surface area contributed by atoms with Crippen molar-refractivity contribution < 1.29 is 9.59 Å². The second-order valence-corrected chi connectivity index (χ2v) is 6.50. The molecule has 0 saturated heterocycles. The van der Waals surface area contributed by atoms with Gasteiger partial charge in [0.15, 0.2) is 0 Å². The van der Waals surface area contributed by atoms with Gasteiger partial charge >= 0.3 is 0 Å². The monoisotopic (exact) mass is 401 g/mol. The average molecular weight is 402 g/mol. The molecule has 5 nitrogen and oxygen atoms in total. The molecule has 0 unspecified atom stereocenters. The first-order chi connectivity index (χ1) is 12.0. The number of benzene rings is 2. The molecule has 2 N–H and O–H groups in total. The summed E-state index contributed by atoms with van der Waals surface area (Å²) in [6.07, 6.45) is 0.118. The summed E-state index contributed by atoms with van der Waals surface area (Å²) in [6, 6.07) is 16.7. The van der Waals surface area contributed by atoms with Crippen LogP contribution in [0, 0.1) is 0 Å². The van der Waals surface area contributed by atoms with E-state index in [1.54, 1.807) is 25.1 Å². The van der Waals surface area contributed by atoms with Gasteiger partial charge in [-0.05, 0) is 47.5 Å². The molecule has 6 heteroatoms. The molecule has 2 aromatic rings. The van der Waals surface area contributed by atoms with Crippen molar-refractivity contribution in [3.8, 4) is 0 Å². The molecule has 0 spiro atoms. The Kier molecular flexibility index (Phi) is 6.89. The molecule has 0 aliphatic rings. The van der Waals surface area contributed by atoms with Crippen molar-refractivity contribution in [2.75, 3.05) is 0 Å². The van der Waals surface area contributed by atoms with Crippen molar-refractivity contribution >= 4 is 33.5 Å². The van der Waals surface area contributed by atoms with Crippen molar-refractivity contribution in [2.45, 2.75) is 26.3 Å². The lowest BCUT2D eigenvalue weighted by atomic mass is 10.1. The highest BCUT2D eigenvalue weighted by molar-refractivity contribution is 9.10. The quantitative estimate of drug-likeness (QED) is 0.570. The van der Waals surface area contributed by atoms with Crippen LogP contribution in [-0.2, 0) is 4.79 Å². The highest BCUT2D eigenvalue weighted by atomic mass is 79.9. The Labute approximate surface area is 155 Å². The molecule has 0 saturated carbocycles. The maximum atomic E-state index is 12.1. The molecular formula is C19H20BrN3O2. The maximum Gasteiger partial charge on any atom is 0.272 e. The third-order valence-electron chi connectivity index (χ3n) is 3.56. The van der Waals surface area contributed by atoms with Crippen LogP contribution >= 0.6 is 15.9 Å². The van der Waals surface area contributed by atoms with E-state index in [-0.39, 0.29) is 24.3 Å². The highest BCUT2D eigenvalue weighted by Gasteiger charge is 2.11. The molecule has 2 amide bonds. The number of nitrogens with one attached hydrogen (secondary N) is 2. The molecule has 0 aromatic heterocycles. The molecule has 0 aliphatic carbocycles. The summed E-state index contributed by atoms with van der Waals surface area (Å²) in [5.41, 5.74) is 4.52. The fraction of sp³-hybridized carbons (Fsp3) is 0.211. The van der Waals surface area contributed by atoms with E-state index in [0.29, 0.717) is 15.7 Å². The van der Waals surface area contributed by atoms with Crippen LogP contribution in [0.25, 0.3) is 0 Å². The first kappa shape index (κ1) is 18.9. The predicted octanol–water partition coefficient (Wildman–Crippen LogP) is 3.82. The van der Waals surface area contributed by atoms with Crippen molar-refractivity contribution in [1.29, 1.82) is 0 Å². The van der Waals surface area contributed by atoms with Gasteiger partial charge in [-0.25, -0.2) is 5.43 Å². The number of hydrazone groups is 1. The van der Waals surface area contributed by atoms with E-state index in [1.807, 2.05) is 43.3 Å². The lowest BCUT2D eigenvalue weighted by Crippen LogP contribution is -2.29. The van der Waals surface area contributed by atoms with E-state index in [2.05, 4.69) is 31.8 Å². The van der Waals surface area contributed by atoms with E-state index in [1.165, 1.54) is 0 Å². The number of hydrogen-bond donors (Lipinski definition) is 2. The summed E-state index contributed by atoms with van der Waals surface area (Å²) in [5.74, 6) is -0.474. The zero-order valence-electron chi connectivity index (χ0n) is 14.1. The fourth-order valence-corrected chi connectivity index (χ4v) is 2.71. The molecule has 0 aliphatic heterocycles. The van der Waals surface area contributed by atoms with E-state index in [9.17, 15) is 9.59 Å². The Balaban J connectivity index is 1.87. The van der Waals surface area contributed by atoms with Crippen LogP contribution in [0.2, 0.25) is 0 Å². The Bertz CT molecular complexity index is 775. The van der Waals surface area contributed by atoms with Crippen molar-refractivity contribution in [1.82, 2.24) is 10.7 Å². The van der Waals surface area contributed by atoms with Crippen molar-refractivity contribution in [3.05, 3.63) is 70.2 Å². The molecule has 25 heavy (non-hydrogen) atoms. The standard InChI is InChI=1S/C19H20BrN3O2/c1-13(22-23-19(25)16-10-6-7-11-17(16)20)12-18(24)21-14(2)15-8-4-3-5-9-15/h3-11,14H,12H2,1-2H3,(H,21,24)(H,23,25)/b22-13-/t14-/m1/s1. The number of hydrogen-bond acceptors (Lipinski definition) is 3. The predicted molar refractivity (Wildman–Crippen MR) is 102 cm³/mol. The van der Waals surface area contributed by atoms with Gasteiger partial charge in [0.2, 0.25) is 5.91 Å². The highest BCUT2D eigenvalue weighted by Crippen LogP contribution is 2.15. The molecular weight excluding hydrogens is 382 g/mol. The number of rotatable bonds is 6. The second kappa shape index (κ2) is 9.13. The van der Waals surface area contributed by atoms with Gasteiger partial charge in [0.05, 0.1) is 18.0 Å². The van der Waals surface area contributed by atoms with Gasteiger partial charge in [0, 0.05) is 10.2 Å². The van der Waals surface area contributed by atoms with Crippen LogP contribution in [0.5, 0.6) is 0 Å². The van der Waals surface area contributed by atoms with E-state index in [0.717, 1.165) is 5.56 Å². The summed E-state index contributed by atoms with van der Waals surface area (Å²) < 4.78 is 0.690. The van der Waals surface area contributed by atoms with Crippen LogP contribution in [0.4, 0.5) is 0 Å². The van der Waals surface area contributed by atoms with Crippen LogP contribution < -0.4 is 10.7 Å². The van der Waals surface area contributed by atoms with Gasteiger partial charge in [-0.3, -0.25) is 9.59 Å². The first-order valence-corrected chi connectivity index (χ1v) is 8.69. The fourth-order valence-electron chi connectivity index (χ4n) is 2.24. The van der Waals surface area contributed by atoms with Crippen molar-refractivity contribution in [2.24, 2.45) is 5.10 Å². The minimum atomic E-state index is -0.329. The van der Waals surface area contributed by atoms with E-state index in [4.69, 9.17) is 0 Å². The van der Waals surface area contributed by atoms with Crippen LogP contribution in [0.1, 0.15) is 42.2 Å². The minimum Gasteiger partial charge on any atom is -0.349 e. The van der Waals surface area contributed by atoms with E-state index >= 15 is 0 Å². The molecule has 0 bridgehead atoms. The van der Waals surface area contributed by atoms with Gasteiger partial charge in [0.25, 0.3) is 5.91 Å². The smallest absolute Gasteiger partial charge is 0.272 e. The molecule has 2 aromatic carbocycles. The SMILES string of the molecule is C/C(CC(=O)N[C@H](C)c1ccccc1)=N/NC(=O)c1ccccc1Br. The van der Waals surface area contributed by atoms with Crippen LogP contribution in [-0.4, -0.2) is 17.5 Å². The molecule has 130 valence electrons. The van der Waals surface area contributed by atoms with Crippen LogP contribution in [0.3, 0.4) is 0 Å². The van der Waals surface area contributed by atoms with Gasteiger partial charge in [-0.15, -0.1) is 0 Å². The third-order valence-corrected chi connectivity index (χ3v) is 4.25. The molecule has 0 fully saturated rings. The summed E-state index contributed by atoms with van der Waals surface area (Å²) in [6.45, 7) is 3.63. The maximum absolute atomic E-state index is 12.1. The normalized spacial score (nSPS) is 12.4. The Hall–Kier alpha value is -2.47. The number of carbonyl (C=O) groups excluding carboxylic acids is 2. The summed E-state index contributed by atoms with van der Waals surface area (Å²) >= 11 is 3.32. The Morgan fingerprint density at radius 1 is 1.08 bits per heavy atom. The largest absolute Gasteiger partial charge is 0.349 e. The lowest BCUT2D eigenvalue weighted by Gasteiger charge is -2.14. The third kappa shape index (κ3) is 5.83. The topological polar surface area (TPSA) is 70.6 Å². The average Bonchev–Trinajstić information content (AvgIpc) is 2.60.